The summed E-state index contributed by atoms with van der Waals surface area (Å²) in [6.45, 7) is 6.19. The predicted molar refractivity (Wildman–Crippen MR) is 78.8 cm³/mol. The Morgan fingerprint density at radius 1 is 1.50 bits per heavy atom. The van der Waals surface area contributed by atoms with Gasteiger partial charge in [-0.05, 0) is 39.3 Å². The van der Waals surface area contributed by atoms with Crippen molar-refractivity contribution in [1.29, 1.82) is 0 Å². The van der Waals surface area contributed by atoms with Crippen LogP contribution < -0.4 is 11.1 Å². The van der Waals surface area contributed by atoms with Crippen molar-refractivity contribution in [3.63, 3.8) is 0 Å². The van der Waals surface area contributed by atoms with Gasteiger partial charge in [0, 0.05) is 12.1 Å². The molecule has 0 aromatic carbocycles. The highest BCUT2D eigenvalue weighted by Crippen LogP contribution is 2.35. The molecule has 1 saturated carbocycles. The Morgan fingerprint density at radius 3 is 2.78 bits per heavy atom. The molecule has 4 nitrogen and oxygen atoms in total. The molecule has 0 aromatic heterocycles. The van der Waals surface area contributed by atoms with Crippen LogP contribution in [0.15, 0.2) is 4.99 Å². The lowest BCUT2D eigenvalue weighted by molar-refractivity contribution is 0.0845. The van der Waals surface area contributed by atoms with Gasteiger partial charge >= 0.3 is 0 Å². The molecule has 0 aliphatic heterocycles. The molecule has 2 atom stereocenters. The van der Waals surface area contributed by atoms with E-state index in [4.69, 9.17) is 5.73 Å². The van der Waals surface area contributed by atoms with Crippen molar-refractivity contribution in [2.75, 3.05) is 27.2 Å². The van der Waals surface area contributed by atoms with Gasteiger partial charge in [-0.3, -0.25) is 4.99 Å². The second-order valence-corrected chi connectivity index (χ2v) is 5.95. The van der Waals surface area contributed by atoms with Gasteiger partial charge in [-0.1, -0.05) is 26.7 Å². The van der Waals surface area contributed by atoms with Gasteiger partial charge in [0.05, 0.1) is 6.54 Å². The number of likely N-dealkylation sites (N-methyl/N-ethyl adjacent to an activating group) is 1. The number of nitrogens with two attached hydrogens (primary N) is 1. The van der Waals surface area contributed by atoms with Gasteiger partial charge in [0.15, 0.2) is 5.96 Å². The summed E-state index contributed by atoms with van der Waals surface area (Å²) < 4.78 is 0. The normalized spacial score (nSPS) is 29.6. The second-order valence-electron chi connectivity index (χ2n) is 5.95. The van der Waals surface area contributed by atoms with Crippen molar-refractivity contribution in [3.8, 4) is 0 Å². The van der Waals surface area contributed by atoms with Gasteiger partial charge in [0.2, 0.25) is 0 Å². The Bertz CT molecular complexity index is 275. The number of hydrogen-bond donors (Lipinski definition) is 2. The van der Waals surface area contributed by atoms with Crippen molar-refractivity contribution in [2.45, 2.75) is 51.5 Å². The fourth-order valence-corrected chi connectivity index (χ4v) is 2.86. The molecule has 2 unspecified atom stereocenters. The Balaban J connectivity index is 2.62. The van der Waals surface area contributed by atoms with Gasteiger partial charge in [-0.15, -0.1) is 0 Å². The maximum atomic E-state index is 5.89. The molecule has 0 radical (unpaired) electrons. The largest absolute Gasteiger partial charge is 0.370 e. The first-order chi connectivity index (χ1) is 8.50. The third-order valence-corrected chi connectivity index (χ3v) is 4.12. The van der Waals surface area contributed by atoms with Crippen LogP contribution in [-0.4, -0.2) is 43.6 Å². The van der Waals surface area contributed by atoms with Gasteiger partial charge in [0.1, 0.15) is 0 Å². The molecular weight excluding hydrogens is 224 g/mol. The fraction of sp³-hybridized carbons (Fsp3) is 0.929. The van der Waals surface area contributed by atoms with Gasteiger partial charge < -0.3 is 16.0 Å². The monoisotopic (exact) mass is 254 g/mol. The lowest BCUT2D eigenvalue weighted by atomic mass is 9.75. The summed E-state index contributed by atoms with van der Waals surface area (Å²) in [5, 5.41) is 3.15. The number of guanidine groups is 1. The van der Waals surface area contributed by atoms with Crippen LogP contribution in [0.1, 0.15) is 46.0 Å². The van der Waals surface area contributed by atoms with Crippen molar-refractivity contribution >= 4 is 5.96 Å². The average Bonchev–Trinajstić information content (AvgIpc) is 2.33. The van der Waals surface area contributed by atoms with E-state index in [0.29, 0.717) is 5.96 Å². The summed E-state index contributed by atoms with van der Waals surface area (Å²) in [4.78, 5) is 6.90. The zero-order valence-corrected chi connectivity index (χ0v) is 12.5. The number of hydrogen-bond acceptors (Lipinski definition) is 2. The van der Waals surface area contributed by atoms with E-state index in [-0.39, 0.29) is 5.54 Å². The van der Waals surface area contributed by atoms with E-state index < -0.39 is 0 Å². The number of rotatable bonds is 5. The first-order valence-corrected chi connectivity index (χ1v) is 7.21. The lowest BCUT2D eigenvalue weighted by Gasteiger charge is -2.44. The van der Waals surface area contributed by atoms with Gasteiger partial charge in [-0.25, -0.2) is 0 Å². The maximum Gasteiger partial charge on any atom is 0.188 e. The predicted octanol–water partition coefficient (Wildman–Crippen LogP) is 1.81. The van der Waals surface area contributed by atoms with E-state index >= 15 is 0 Å². The summed E-state index contributed by atoms with van der Waals surface area (Å²) in [7, 11) is 4.34. The topological polar surface area (TPSA) is 53.6 Å². The Morgan fingerprint density at radius 2 is 2.22 bits per heavy atom. The fourth-order valence-electron chi connectivity index (χ4n) is 2.86. The number of aliphatic imine (C=N–C) groups is 1. The van der Waals surface area contributed by atoms with E-state index in [2.05, 4.69) is 43.2 Å². The molecule has 1 rings (SSSR count). The minimum Gasteiger partial charge on any atom is -0.370 e. The molecular formula is C14H30N4. The lowest BCUT2D eigenvalue weighted by Crippen LogP contribution is -2.50. The van der Waals surface area contributed by atoms with E-state index in [9.17, 15) is 0 Å². The maximum absolute atomic E-state index is 5.89. The number of nitrogens with one attached hydrogen (secondary N) is 1. The summed E-state index contributed by atoms with van der Waals surface area (Å²) in [6.07, 6.45) is 6.19. The van der Waals surface area contributed by atoms with Crippen LogP contribution in [0.4, 0.5) is 0 Å². The summed E-state index contributed by atoms with van der Waals surface area (Å²) in [5.74, 6) is 1.39. The van der Waals surface area contributed by atoms with Crippen LogP contribution in [0.5, 0.6) is 0 Å². The molecule has 3 N–H and O–H groups in total. The van der Waals surface area contributed by atoms with E-state index in [0.717, 1.165) is 25.4 Å². The van der Waals surface area contributed by atoms with Gasteiger partial charge in [0.25, 0.3) is 0 Å². The third kappa shape index (κ3) is 4.16. The standard InChI is InChI=1S/C14H30N4/c1-5-9-16-13(15)17-11-14(18(3)4)8-6-7-12(2)10-14/h12H,5-11H2,1-4H3,(H3,15,16,17). The van der Waals surface area contributed by atoms with Crippen LogP contribution in [0.25, 0.3) is 0 Å². The Hall–Kier alpha value is -0.770. The molecule has 0 saturated heterocycles. The first kappa shape index (κ1) is 15.3. The highest BCUT2D eigenvalue weighted by atomic mass is 15.2. The SMILES string of the molecule is CCCNC(N)=NCC1(N(C)C)CCCC(C)C1. The molecule has 0 amide bonds. The minimum atomic E-state index is 0.205. The van der Waals surface area contributed by atoms with Gasteiger partial charge in [-0.2, -0.15) is 0 Å². The van der Waals surface area contributed by atoms with Crippen molar-refractivity contribution in [2.24, 2.45) is 16.6 Å². The molecule has 1 fully saturated rings. The minimum absolute atomic E-state index is 0.205. The van der Waals surface area contributed by atoms with Crippen LogP contribution in [0, 0.1) is 5.92 Å². The van der Waals surface area contributed by atoms with Crippen LogP contribution in [-0.2, 0) is 0 Å². The molecule has 0 bridgehead atoms. The summed E-state index contributed by atoms with van der Waals surface area (Å²) >= 11 is 0. The molecule has 4 heteroatoms. The number of nitrogens with zero attached hydrogens (tertiary/aromatic N) is 2. The van der Waals surface area contributed by atoms with E-state index in [1.54, 1.807) is 0 Å². The van der Waals surface area contributed by atoms with E-state index in [1.165, 1.54) is 25.7 Å². The van der Waals surface area contributed by atoms with Crippen molar-refractivity contribution in [1.82, 2.24) is 10.2 Å². The smallest absolute Gasteiger partial charge is 0.188 e. The highest BCUT2D eigenvalue weighted by molar-refractivity contribution is 5.77. The average molecular weight is 254 g/mol. The Kier molecular flexibility index (Phi) is 5.93. The van der Waals surface area contributed by atoms with Crippen molar-refractivity contribution < 1.29 is 0 Å². The van der Waals surface area contributed by atoms with E-state index in [1.807, 2.05) is 0 Å². The Labute approximate surface area is 112 Å². The molecule has 18 heavy (non-hydrogen) atoms. The third-order valence-electron chi connectivity index (χ3n) is 4.12. The zero-order valence-electron chi connectivity index (χ0n) is 12.5. The molecule has 1 aliphatic rings. The van der Waals surface area contributed by atoms with Crippen LogP contribution in [0.3, 0.4) is 0 Å². The zero-order chi connectivity index (χ0) is 13.6. The van der Waals surface area contributed by atoms with Crippen molar-refractivity contribution in [3.05, 3.63) is 0 Å². The van der Waals surface area contributed by atoms with Crippen LogP contribution >= 0.6 is 0 Å². The summed E-state index contributed by atoms with van der Waals surface area (Å²) in [5.41, 5.74) is 6.10. The quantitative estimate of drug-likeness (QED) is 0.581. The van der Waals surface area contributed by atoms with Crippen LogP contribution in [0.2, 0.25) is 0 Å². The highest BCUT2D eigenvalue weighted by Gasteiger charge is 2.36. The molecule has 0 aromatic rings. The molecule has 0 heterocycles. The first-order valence-electron chi connectivity index (χ1n) is 7.21. The molecule has 0 spiro atoms. The molecule has 1 aliphatic carbocycles. The molecule has 106 valence electrons. The second kappa shape index (κ2) is 6.98. The summed E-state index contributed by atoms with van der Waals surface area (Å²) in [6, 6.07) is 0.